The Morgan fingerprint density at radius 3 is 2.70 bits per heavy atom. The van der Waals surface area contributed by atoms with Crippen LogP contribution in [0.15, 0.2) is 30.4 Å². The molecule has 0 saturated heterocycles. The Kier molecular flexibility index (Phi) is 6.81. The number of anilines is 1. The Morgan fingerprint density at radius 1 is 1.39 bits per heavy atom. The van der Waals surface area contributed by atoms with E-state index < -0.39 is 16.8 Å². The van der Waals surface area contributed by atoms with Gasteiger partial charge < -0.3 is 10.1 Å². The number of nitro groups is 1. The summed E-state index contributed by atoms with van der Waals surface area (Å²) in [7, 11) is 0. The summed E-state index contributed by atoms with van der Waals surface area (Å²) < 4.78 is 4.63. The molecule has 0 aliphatic heterocycles. The van der Waals surface area contributed by atoms with Gasteiger partial charge in [-0.25, -0.2) is 4.79 Å². The van der Waals surface area contributed by atoms with Crippen LogP contribution in [0, 0.1) is 17.0 Å². The van der Waals surface area contributed by atoms with Gasteiger partial charge in [-0.2, -0.15) is 0 Å². The van der Waals surface area contributed by atoms with Crippen LogP contribution in [0.25, 0.3) is 0 Å². The van der Waals surface area contributed by atoms with E-state index in [-0.39, 0.29) is 17.4 Å². The van der Waals surface area contributed by atoms with Crippen LogP contribution >= 0.6 is 12.2 Å². The van der Waals surface area contributed by atoms with Gasteiger partial charge in [0.15, 0.2) is 5.11 Å². The number of rotatable bonds is 5. The van der Waals surface area contributed by atoms with Crippen molar-refractivity contribution < 1.29 is 19.2 Å². The minimum absolute atomic E-state index is 0.0490. The van der Waals surface area contributed by atoms with Crippen LogP contribution in [0.5, 0.6) is 0 Å². The van der Waals surface area contributed by atoms with Gasteiger partial charge in [-0.05, 0) is 32.1 Å². The van der Waals surface area contributed by atoms with E-state index in [0.717, 1.165) is 12.2 Å². The number of carbonyl (C=O) groups excluding carboxylic acids is 2. The van der Waals surface area contributed by atoms with E-state index in [1.807, 2.05) is 0 Å². The van der Waals surface area contributed by atoms with Crippen molar-refractivity contribution in [2.75, 3.05) is 11.9 Å². The summed E-state index contributed by atoms with van der Waals surface area (Å²) in [5.74, 6) is -1.27. The van der Waals surface area contributed by atoms with E-state index in [0.29, 0.717) is 11.3 Å². The molecule has 0 spiro atoms. The molecule has 0 heterocycles. The van der Waals surface area contributed by atoms with Gasteiger partial charge in [0, 0.05) is 18.2 Å². The molecule has 0 aliphatic rings. The molecule has 0 fully saturated rings. The van der Waals surface area contributed by atoms with E-state index in [1.54, 1.807) is 19.9 Å². The average molecular weight is 337 g/mol. The third-order valence-electron chi connectivity index (χ3n) is 2.64. The molecule has 0 aliphatic carbocycles. The smallest absolute Gasteiger partial charge is 0.330 e. The summed E-state index contributed by atoms with van der Waals surface area (Å²) in [4.78, 5) is 33.0. The number of benzene rings is 1. The molecular formula is C14H15N3O5S. The van der Waals surface area contributed by atoms with Gasteiger partial charge in [-0.15, -0.1) is 0 Å². The molecule has 0 bridgehead atoms. The highest BCUT2D eigenvalue weighted by molar-refractivity contribution is 7.80. The van der Waals surface area contributed by atoms with Crippen LogP contribution in [-0.4, -0.2) is 28.5 Å². The number of esters is 1. The fourth-order valence-electron chi connectivity index (χ4n) is 1.60. The Morgan fingerprint density at radius 2 is 2.09 bits per heavy atom. The summed E-state index contributed by atoms with van der Waals surface area (Å²) in [5, 5.41) is 15.8. The molecule has 1 amide bonds. The highest BCUT2D eigenvalue weighted by atomic mass is 32.1. The van der Waals surface area contributed by atoms with Crippen molar-refractivity contribution in [2.24, 2.45) is 0 Å². The van der Waals surface area contributed by atoms with E-state index in [9.17, 15) is 19.7 Å². The Balaban J connectivity index is 2.67. The van der Waals surface area contributed by atoms with Crippen molar-refractivity contribution in [3.05, 3.63) is 46.0 Å². The summed E-state index contributed by atoms with van der Waals surface area (Å²) in [6, 6.07) is 4.46. The van der Waals surface area contributed by atoms with Crippen LogP contribution in [0.3, 0.4) is 0 Å². The zero-order valence-corrected chi connectivity index (χ0v) is 13.3. The molecule has 8 nitrogen and oxygen atoms in total. The fraction of sp³-hybridized carbons (Fsp3) is 0.214. The largest absolute Gasteiger partial charge is 0.463 e. The summed E-state index contributed by atoms with van der Waals surface area (Å²) in [5.41, 5.74) is 0.723. The maximum absolute atomic E-state index is 11.6. The number of ether oxygens (including phenoxy) is 1. The minimum atomic E-state index is -0.643. The number of carbonyl (C=O) groups is 2. The molecule has 1 rings (SSSR count). The van der Waals surface area contributed by atoms with E-state index >= 15 is 0 Å². The lowest BCUT2D eigenvalue weighted by Crippen LogP contribution is -2.33. The maximum atomic E-state index is 11.6. The van der Waals surface area contributed by atoms with Crippen LogP contribution in [0.1, 0.15) is 12.5 Å². The second-order valence-electron chi connectivity index (χ2n) is 4.24. The van der Waals surface area contributed by atoms with E-state index in [2.05, 4.69) is 15.4 Å². The molecule has 23 heavy (non-hydrogen) atoms. The molecule has 1 aromatic carbocycles. The average Bonchev–Trinajstić information content (AvgIpc) is 2.47. The lowest BCUT2D eigenvalue weighted by Gasteiger charge is -2.10. The zero-order chi connectivity index (χ0) is 17.4. The maximum Gasteiger partial charge on any atom is 0.330 e. The molecule has 122 valence electrons. The van der Waals surface area contributed by atoms with Gasteiger partial charge >= 0.3 is 5.97 Å². The number of nitrogens with zero attached hydrogens (tertiary/aromatic N) is 1. The fourth-order valence-corrected chi connectivity index (χ4v) is 1.81. The van der Waals surface area contributed by atoms with Gasteiger partial charge in [0.1, 0.15) is 0 Å². The Labute approximate surface area is 137 Å². The number of hydrogen-bond acceptors (Lipinski definition) is 6. The first kappa shape index (κ1) is 18.2. The number of nitrogens with one attached hydrogen (secondary N) is 2. The van der Waals surface area contributed by atoms with Crippen molar-refractivity contribution in [1.29, 1.82) is 0 Å². The first-order chi connectivity index (χ1) is 10.8. The number of nitro benzene ring substituents is 1. The summed E-state index contributed by atoms with van der Waals surface area (Å²) in [6.07, 6.45) is 1.95. The predicted octanol–water partition coefficient (Wildman–Crippen LogP) is 1.84. The normalized spacial score (nSPS) is 10.2. The first-order valence-electron chi connectivity index (χ1n) is 6.56. The lowest BCUT2D eigenvalue weighted by atomic mass is 10.1. The standard InChI is InChI=1S/C14H15N3O5S/c1-3-22-13(19)8-7-12(18)16-14(23)15-10-5-4-6-11(9(10)2)17(20)21/h4-8H,3H2,1-2H3,(H2,15,16,18,23)/b8-7+. The highest BCUT2D eigenvalue weighted by Gasteiger charge is 2.14. The van der Waals surface area contributed by atoms with Gasteiger partial charge in [-0.3, -0.25) is 20.2 Å². The Hall–Kier alpha value is -2.81. The molecule has 0 unspecified atom stereocenters. The van der Waals surface area contributed by atoms with Gasteiger partial charge in [0.05, 0.1) is 22.8 Å². The van der Waals surface area contributed by atoms with Gasteiger partial charge in [-0.1, -0.05) is 6.07 Å². The van der Waals surface area contributed by atoms with Crippen LogP contribution in [0.4, 0.5) is 11.4 Å². The van der Waals surface area contributed by atoms with Crippen molar-refractivity contribution >= 4 is 40.6 Å². The van der Waals surface area contributed by atoms with Gasteiger partial charge in [0.25, 0.3) is 5.69 Å². The lowest BCUT2D eigenvalue weighted by molar-refractivity contribution is -0.385. The molecule has 0 saturated carbocycles. The number of thiocarbonyl (C=S) groups is 1. The molecule has 2 N–H and O–H groups in total. The van der Waals surface area contributed by atoms with E-state index in [1.165, 1.54) is 12.1 Å². The molecule has 9 heteroatoms. The van der Waals surface area contributed by atoms with Crippen LogP contribution < -0.4 is 10.6 Å². The quantitative estimate of drug-likeness (QED) is 0.277. The number of amides is 1. The second kappa shape index (κ2) is 8.59. The zero-order valence-electron chi connectivity index (χ0n) is 12.5. The minimum Gasteiger partial charge on any atom is -0.463 e. The van der Waals surface area contributed by atoms with Crippen molar-refractivity contribution in [3.8, 4) is 0 Å². The van der Waals surface area contributed by atoms with E-state index in [4.69, 9.17) is 12.2 Å². The highest BCUT2D eigenvalue weighted by Crippen LogP contribution is 2.24. The van der Waals surface area contributed by atoms with Crippen molar-refractivity contribution in [2.45, 2.75) is 13.8 Å². The third-order valence-corrected chi connectivity index (χ3v) is 2.85. The topological polar surface area (TPSA) is 111 Å². The molecular weight excluding hydrogens is 322 g/mol. The summed E-state index contributed by atoms with van der Waals surface area (Å²) >= 11 is 4.95. The number of hydrogen-bond donors (Lipinski definition) is 2. The predicted molar refractivity (Wildman–Crippen MR) is 88.0 cm³/mol. The van der Waals surface area contributed by atoms with Gasteiger partial charge in [0.2, 0.25) is 5.91 Å². The second-order valence-corrected chi connectivity index (χ2v) is 4.64. The summed E-state index contributed by atoms with van der Waals surface area (Å²) in [6.45, 7) is 3.41. The molecule has 0 radical (unpaired) electrons. The molecule has 1 aromatic rings. The third kappa shape index (κ3) is 5.83. The molecule has 0 atom stereocenters. The van der Waals surface area contributed by atoms with Crippen LogP contribution in [0.2, 0.25) is 0 Å². The van der Waals surface area contributed by atoms with Crippen molar-refractivity contribution in [1.82, 2.24) is 5.32 Å². The first-order valence-corrected chi connectivity index (χ1v) is 6.96. The van der Waals surface area contributed by atoms with Crippen LogP contribution in [-0.2, 0) is 14.3 Å². The van der Waals surface area contributed by atoms with Crippen molar-refractivity contribution in [3.63, 3.8) is 0 Å². The monoisotopic (exact) mass is 337 g/mol. The molecule has 0 aromatic heterocycles. The SMILES string of the molecule is CCOC(=O)/C=C/C(=O)NC(=S)Nc1cccc([N+](=O)[O-])c1C. The Bertz CT molecular complexity index is 672.